The Morgan fingerprint density at radius 1 is 1.60 bits per heavy atom. The van der Waals surface area contributed by atoms with E-state index in [1.165, 1.54) is 18.2 Å². The highest BCUT2D eigenvalue weighted by Gasteiger charge is 2.26. The van der Waals surface area contributed by atoms with Crippen molar-refractivity contribution in [2.24, 2.45) is 0 Å². The smallest absolute Gasteiger partial charge is 0.312 e. The molecule has 0 saturated heterocycles. The molecule has 0 aliphatic rings. The lowest BCUT2D eigenvalue weighted by atomic mass is 10.1. The maximum absolute atomic E-state index is 10.9. The van der Waals surface area contributed by atoms with Crippen LogP contribution in [0.2, 0.25) is 5.02 Å². The Balaban J connectivity index is 2.89. The van der Waals surface area contributed by atoms with E-state index >= 15 is 0 Å². The molecule has 0 heterocycles. The van der Waals surface area contributed by atoms with Crippen LogP contribution in [0.5, 0.6) is 5.75 Å². The normalized spacial score (nSPS) is 13.3. The van der Waals surface area contributed by atoms with E-state index in [0.29, 0.717) is 6.54 Å². The molecule has 1 unspecified atom stereocenters. The zero-order valence-corrected chi connectivity index (χ0v) is 12.1. The van der Waals surface area contributed by atoms with Gasteiger partial charge in [0.25, 0.3) is 0 Å². The molecule has 1 aromatic rings. The third-order valence-corrected chi connectivity index (χ3v) is 2.96. The van der Waals surface area contributed by atoms with Crippen LogP contribution in [0.3, 0.4) is 0 Å². The van der Waals surface area contributed by atoms with Gasteiger partial charge in [-0.1, -0.05) is 24.6 Å². The van der Waals surface area contributed by atoms with Gasteiger partial charge in [0.15, 0.2) is 0 Å². The minimum Gasteiger partial charge on any atom is -0.483 e. The number of hydrogen-bond donors (Lipinski definition) is 1. The van der Waals surface area contributed by atoms with Gasteiger partial charge in [-0.15, -0.1) is 0 Å². The first-order valence-electron chi connectivity index (χ1n) is 6.15. The van der Waals surface area contributed by atoms with Gasteiger partial charge in [-0.3, -0.25) is 15.4 Å². The second kappa shape index (κ2) is 7.08. The SMILES string of the molecule is CCCNC(C)(C#N)COc1c(Cl)cccc1[N+](=O)[O-]. The van der Waals surface area contributed by atoms with Crippen LogP contribution in [0.25, 0.3) is 0 Å². The predicted molar refractivity (Wildman–Crippen MR) is 75.9 cm³/mol. The largest absolute Gasteiger partial charge is 0.483 e. The zero-order valence-electron chi connectivity index (χ0n) is 11.4. The Kier molecular flexibility index (Phi) is 5.74. The summed E-state index contributed by atoms with van der Waals surface area (Å²) in [6.45, 7) is 4.27. The molecule has 7 heteroatoms. The summed E-state index contributed by atoms with van der Waals surface area (Å²) in [5.41, 5.74) is -1.14. The van der Waals surface area contributed by atoms with Gasteiger partial charge in [0.2, 0.25) is 5.75 Å². The van der Waals surface area contributed by atoms with E-state index in [1.54, 1.807) is 6.92 Å². The summed E-state index contributed by atoms with van der Waals surface area (Å²) in [4.78, 5) is 10.4. The van der Waals surface area contributed by atoms with Crippen molar-refractivity contribution in [1.82, 2.24) is 5.32 Å². The molecule has 0 aliphatic carbocycles. The Bertz CT molecular complexity index is 530. The zero-order chi connectivity index (χ0) is 15.2. The van der Waals surface area contributed by atoms with Crippen molar-refractivity contribution in [2.75, 3.05) is 13.2 Å². The molecule has 6 nitrogen and oxygen atoms in total. The van der Waals surface area contributed by atoms with Crippen LogP contribution >= 0.6 is 11.6 Å². The Morgan fingerprint density at radius 3 is 2.85 bits per heavy atom. The Morgan fingerprint density at radius 2 is 2.30 bits per heavy atom. The third kappa shape index (κ3) is 4.08. The van der Waals surface area contributed by atoms with E-state index in [0.717, 1.165) is 6.42 Å². The first-order chi connectivity index (χ1) is 9.43. The van der Waals surface area contributed by atoms with Crippen LogP contribution in [0, 0.1) is 21.4 Å². The van der Waals surface area contributed by atoms with Gasteiger partial charge < -0.3 is 4.74 Å². The molecule has 108 valence electrons. The van der Waals surface area contributed by atoms with Crippen LogP contribution < -0.4 is 10.1 Å². The van der Waals surface area contributed by atoms with Crippen molar-refractivity contribution in [3.63, 3.8) is 0 Å². The summed E-state index contributed by atoms with van der Waals surface area (Å²) < 4.78 is 5.42. The van der Waals surface area contributed by atoms with Crippen molar-refractivity contribution >= 4 is 17.3 Å². The summed E-state index contributed by atoms with van der Waals surface area (Å²) in [6.07, 6.45) is 0.865. The van der Waals surface area contributed by atoms with Gasteiger partial charge in [0.05, 0.1) is 16.0 Å². The van der Waals surface area contributed by atoms with Crippen LogP contribution in [-0.4, -0.2) is 23.6 Å². The number of nitro benzene ring substituents is 1. The highest BCUT2D eigenvalue weighted by molar-refractivity contribution is 6.32. The van der Waals surface area contributed by atoms with E-state index in [9.17, 15) is 15.4 Å². The summed E-state index contributed by atoms with van der Waals surface area (Å²) in [5.74, 6) is -0.0149. The number of halogens is 1. The molecule has 0 fully saturated rings. The lowest BCUT2D eigenvalue weighted by molar-refractivity contribution is -0.385. The van der Waals surface area contributed by atoms with Crippen LogP contribution in [-0.2, 0) is 0 Å². The van der Waals surface area contributed by atoms with Gasteiger partial charge in [-0.05, 0) is 26.0 Å². The third-order valence-electron chi connectivity index (χ3n) is 2.66. The van der Waals surface area contributed by atoms with Crippen LogP contribution in [0.4, 0.5) is 5.69 Å². The average Bonchev–Trinajstić information content (AvgIpc) is 2.43. The number of nitriles is 1. The van der Waals surface area contributed by atoms with E-state index in [4.69, 9.17) is 16.3 Å². The number of nitro groups is 1. The highest BCUT2D eigenvalue weighted by atomic mass is 35.5. The second-order valence-corrected chi connectivity index (χ2v) is 4.91. The Labute approximate surface area is 122 Å². The van der Waals surface area contributed by atoms with Gasteiger partial charge in [0, 0.05) is 6.07 Å². The summed E-state index contributed by atoms with van der Waals surface area (Å²) in [6, 6.07) is 6.40. The minimum atomic E-state index is -0.928. The van der Waals surface area contributed by atoms with Crippen molar-refractivity contribution in [1.29, 1.82) is 5.26 Å². The fourth-order valence-corrected chi connectivity index (χ4v) is 1.75. The molecule has 0 aromatic heterocycles. The molecule has 0 aliphatic heterocycles. The number of hydrogen-bond acceptors (Lipinski definition) is 5. The van der Waals surface area contributed by atoms with Crippen molar-refractivity contribution in [3.8, 4) is 11.8 Å². The standard InChI is InChI=1S/C13H16ClN3O3/c1-3-7-16-13(2,8-15)9-20-12-10(14)5-4-6-11(12)17(18)19/h4-6,16H,3,7,9H2,1-2H3. The fraction of sp³-hybridized carbons (Fsp3) is 0.462. The number of nitrogens with one attached hydrogen (secondary N) is 1. The quantitative estimate of drug-likeness (QED) is 0.617. The molecule has 1 rings (SSSR count). The topological polar surface area (TPSA) is 88.2 Å². The molecule has 0 spiro atoms. The van der Waals surface area contributed by atoms with Crippen LogP contribution in [0.1, 0.15) is 20.3 Å². The van der Waals surface area contributed by atoms with Crippen LogP contribution in [0.15, 0.2) is 18.2 Å². The molecule has 1 N–H and O–H groups in total. The van der Waals surface area contributed by atoms with E-state index in [2.05, 4.69) is 11.4 Å². The van der Waals surface area contributed by atoms with Crippen molar-refractivity contribution in [2.45, 2.75) is 25.8 Å². The molecule has 1 aromatic carbocycles. The summed E-state index contributed by atoms with van der Waals surface area (Å²) >= 11 is 5.92. The minimum absolute atomic E-state index is 0.0149. The predicted octanol–water partition coefficient (Wildman–Crippen LogP) is 2.91. The Hall–Kier alpha value is -1.84. The highest BCUT2D eigenvalue weighted by Crippen LogP contribution is 2.34. The summed E-state index contributed by atoms with van der Waals surface area (Å²) in [5, 5.41) is 23.3. The second-order valence-electron chi connectivity index (χ2n) is 4.50. The molecule has 1 atom stereocenters. The van der Waals surface area contributed by atoms with Crippen molar-refractivity contribution in [3.05, 3.63) is 33.3 Å². The first kappa shape index (κ1) is 16.2. The number of benzene rings is 1. The molecule has 0 radical (unpaired) electrons. The molecular formula is C13H16ClN3O3. The molecular weight excluding hydrogens is 282 g/mol. The number of nitrogens with zero attached hydrogens (tertiary/aromatic N) is 2. The molecule has 0 bridgehead atoms. The maximum atomic E-state index is 10.9. The van der Waals surface area contributed by atoms with E-state index in [1.807, 2.05) is 6.92 Å². The van der Waals surface area contributed by atoms with E-state index < -0.39 is 10.5 Å². The molecule has 20 heavy (non-hydrogen) atoms. The molecule has 0 saturated carbocycles. The first-order valence-corrected chi connectivity index (χ1v) is 6.53. The van der Waals surface area contributed by atoms with E-state index in [-0.39, 0.29) is 23.1 Å². The molecule has 0 amide bonds. The maximum Gasteiger partial charge on any atom is 0.312 e. The summed E-state index contributed by atoms with van der Waals surface area (Å²) in [7, 11) is 0. The lowest BCUT2D eigenvalue weighted by Crippen LogP contribution is -2.46. The number of ether oxygens (including phenoxy) is 1. The van der Waals surface area contributed by atoms with Crippen molar-refractivity contribution < 1.29 is 9.66 Å². The van der Waals surface area contributed by atoms with Gasteiger partial charge in [0.1, 0.15) is 12.1 Å². The fourth-order valence-electron chi connectivity index (χ4n) is 1.52. The number of para-hydroxylation sites is 1. The van der Waals surface area contributed by atoms with Gasteiger partial charge in [-0.25, -0.2) is 0 Å². The number of rotatable bonds is 7. The van der Waals surface area contributed by atoms with Gasteiger partial charge >= 0.3 is 5.69 Å². The monoisotopic (exact) mass is 297 g/mol. The lowest BCUT2D eigenvalue weighted by Gasteiger charge is -2.23. The average molecular weight is 298 g/mol. The van der Waals surface area contributed by atoms with Gasteiger partial charge in [-0.2, -0.15) is 5.26 Å².